The molecule has 0 radical (unpaired) electrons. The Balaban J connectivity index is 1.52. The van der Waals surface area contributed by atoms with Crippen LogP contribution in [0.2, 0.25) is 0 Å². The van der Waals surface area contributed by atoms with Gasteiger partial charge in [-0.05, 0) is 36.8 Å². The van der Waals surface area contributed by atoms with Crippen molar-refractivity contribution in [3.05, 3.63) is 60.2 Å². The first-order valence-corrected chi connectivity index (χ1v) is 7.96. The number of pyridine rings is 1. The molecular weight excluding hydrogens is 320 g/mol. The molecule has 0 aliphatic heterocycles. The smallest absolute Gasteiger partial charge is 0.247 e. The van der Waals surface area contributed by atoms with E-state index in [0.29, 0.717) is 19.0 Å². The summed E-state index contributed by atoms with van der Waals surface area (Å²) in [6, 6.07) is 11.1. The van der Waals surface area contributed by atoms with E-state index >= 15 is 0 Å². The Morgan fingerprint density at radius 3 is 2.60 bits per heavy atom. The summed E-state index contributed by atoms with van der Waals surface area (Å²) in [4.78, 5) is 16.0. The molecule has 2 aromatic heterocycles. The van der Waals surface area contributed by atoms with Crippen molar-refractivity contribution in [2.45, 2.75) is 19.9 Å². The molecule has 0 atom stereocenters. The molecular formula is C18H18N4O3. The molecule has 128 valence electrons. The van der Waals surface area contributed by atoms with Crippen LogP contribution in [0.25, 0.3) is 11.5 Å². The van der Waals surface area contributed by atoms with Crippen LogP contribution in [0.1, 0.15) is 18.4 Å². The number of carbonyl (C=O) groups excluding carboxylic acids is 1. The fourth-order valence-electron chi connectivity index (χ4n) is 2.21. The molecule has 0 aliphatic carbocycles. The quantitative estimate of drug-likeness (QED) is 0.711. The Morgan fingerprint density at radius 1 is 1.12 bits per heavy atom. The van der Waals surface area contributed by atoms with Gasteiger partial charge in [-0.3, -0.25) is 9.78 Å². The molecule has 7 nitrogen and oxygen atoms in total. The third-order valence-electron chi connectivity index (χ3n) is 3.43. The number of ether oxygens (including phenoxy) is 1. The minimum Gasteiger partial charge on any atom is -0.494 e. The Labute approximate surface area is 145 Å². The molecule has 25 heavy (non-hydrogen) atoms. The number of amides is 1. The van der Waals surface area contributed by atoms with Crippen LogP contribution in [-0.2, 0) is 17.8 Å². The maximum atomic E-state index is 12.0. The average Bonchev–Trinajstić information content (AvgIpc) is 3.11. The largest absolute Gasteiger partial charge is 0.494 e. The Morgan fingerprint density at radius 2 is 1.88 bits per heavy atom. The second-order valence-corrected chi connectivity index (χ2v) is 5.27. The van der Waals surface area contributed by atoms with Gasteiger partial charge in [0.05, 0.1) is 6.61 Å². The SMILES string of the molecule is CCOc1ccc(CNC(=O)Cc2nnc(-c3ccncc3)o2)cc1. The lowest BCUT2D eigenvalue weighted by atomic mass is 10.2. The maximum Gasteiger partial charge on any atom is 0.247 e. The third-order valence-corrected chi connectivity index (χ3v) is 3.43. The zero-order valence-electron chi connectivity index (χ0n) is 13.8. The van der Waals surface area contributed by atoms with Crippen LogP contribution in [0.5, 0.6) is 5.75 Å². The first-order valence-electron chi connectivity index (χ1n) is 7.96. The van der Waals surface area contributed by atoms with Gasteiger partial charge >= 0.3 is 0 Å². The van der Waals surface area contributed by atoms with Crippen LogP contribution in [0.3, 0.4) is 0 Å². The molecule has 7 heteroatoms. The van der Waals surface area contributed by atoms with Crippen LogP contribution >= 0.6 is 0 Å². The lowest BCUT2D eigenvalue weighted by molar-refractivity contribution is -0.120. The van der Waals surface area contributed by atoms with Crippen LogP contribution in [0.4, 0.5) is 0 Å². The van der Waals surface area contributed by atoms with Crippen molar-refractivity contribution in [2.75, 3.05) is 6.61 Å². The molecule has 0 fully saturated rings. The van der Waals surface area contributed by atoms with E-state index in [1.54, 1.807) is 24.5 Å². The predicted molar refractivity (Wildman–Crippen MR) is 90.7 cm³/mol. The van der Waals surface area contributed by atoms with Gasteiger partial charge in [0.1, 0.15) is 12.2 Å². The highest BCUT2D eigenvalue weighted by Gasteiger charge is 2.12. The fourth-order valence-corrected chi connectivity index (χ4v) is 2.21. The zero-order chi connectivity index (χ0) is 17.5. The summed E-state index contributed by atoms with van der Waals surface area (Å²) in [7, 11) is 0. The van der Waals surface area contributed by atoms with Crippen LogP contribution in [-0.4, -0.2) is 27.7 Å². The molecule has 1 N–H and O–H groups in total. The molecule has 1 aromatic carbocycles. The van der Waals surface area contributed by atoms with Gasteiger partial charge in [-0.15, -0.1) is 10.2 Å². The van der Waals surface area contributed by atoms with E-state index in [2.05, 4.69) is 20.5 Å². The average molecular weight is 338 g/mol. The van der Waals surface area contributed by atoms with Crippen molar-refractivity contribution in [1.29, 1.82) is 0 Å². The number of rotatable bonds is 7. The van der Waals surface area contributed by atoms with E-state index in [1.165, 1.54) is 0 Å². The van der Waals surface area contributed by atoms with Crippen LogP contribution < -0.4 is 10.1 Å². The van der Waals surface area contributed by atoms with Gasteiger partial charge < -0.3 is 14.5 Å². The molecule has 0 spiro atoms. The van der Waals surface area contributed by atoms with Crippen molar-refractivity contribution >= 4 is 5.91 Å². The second kappa shape index (κ2) is 8.05. The third kappa shape index (κ3) is 4.63. The summed E-state index contributed by atoms with van der Waals surface area (Å²) in [6.45, 7) is 2.99. The summed E-state index contributed by atoms with van der Waals surface area (Å²) < 4.78 is 10.9. The van der Waals surface area contributed by atoms with Crippen molar-refractivity contribution in [3.63, 3.8) is 0 Å². The van der Waals surface area contributed by atoms with Gasteiger partial charge in [-0.1, -0.05) is 12.1 Å². The zero-order valence-corrected chi connectivity index (χ0v) is 13.8. The molecule has 3 rings (SSSR count). The van der Waals surface area contributed by atoms with E-state index < -0.39 is 0 Å². The summed E-state index contributed by atoms with van der Waals surface area (Å²) >= 11 is 0. The van der Waals surface area contributed by atoms with Gasteiger partial charge in [-0.2, -0.15) is 0 Å². The van der Waals surface area contributed by atoms with Crippen molar-refractivity contribution in [1.82, 2.24) is 20.5 Å². The summed E-state index contributed by atoms with van der Waals surface area (Å²) in [6.07, 6.45) is 3.32. The van der Waals surface area contributed by atoms with E-state index in [0.717, 1.165) is 16.9 Å². The second-order valence-electron chi connectivity index (χ2n) is 5.27. The number of hydrogen-bond donors (Lipinski definition) is 1. The molecule has 0 saturated heterocycles. The number of carbonyl (C=O) groups is 1. The Hall–Kier alpha value is -3.22. The number of nitrogens with one attached hydrogen (secondary N) is 1. The van der Waals surface area contributed by atoms with Gasteiger partial charge in [0, 0.05) is 24.5 Å². The molecule has 2 heterocycles. The number of nitrogens with zero attached hydrogens (tertiary/aromatic N) is 3. The Kier molecular flexibility index (Phi) is 5.36. The molecule has 0 aliphatic rings. The lowest BCUT2D eigenvalue weighted by Crippen LogP contribution is -2.24. The number of hydrogen-bond acceptors (Lipinski definition) is 6. The minimum atomic E-state index is -0.182. The van der Waals surface area contributed by atoms with E-state index in [1.807, 2.05) is 31.2 Å². The molecule has 3 aromatic rings. The Bertz CT molecular complexity index is 816. The van der Waals surface area contributed by atoms with Gasteiger partial charge in [0.15, 0.2) is 0 Å². The monoisotopic (exact) mass is 338 g/mol. The highest BCUT2D eigenvalue weighted by Crippen LogP contribution is 2.16. The van der Waals surface area contributed by atoms with E-state index in [9.17, 15) is 4.79 Å². The molecule has 0 unspecified atom stereocenters. The molecule has 1 amide bonds. The topological polar surface area (TPSA) is 90.1 Å². The van der Waals surface area contributed by atoms with Crippen molar-refractivity contribution in [3.8, 4) is 17.2 Å². The fraction of sp³-hybridized carbons (Fsp3) is 0.222. The van der Waals surface area contributed by atoms with Crippen molar-refractivity contribution in [2.24, 2.45) is 0 Å². The van der Waals surface area contributed by atoms with Crippen LogP contribution in [0, 0.1) is 0 Å². The van der Waals surface area contributed by atoms with Crippen molar-refractivity contribution < 1.29 is 13.9 Å². The number of benzene rings is 1. The summed E-state index contributed by atoms with van der Waals surface area (Å²) in [5, 5.41) is 10.7. The van der Waals surface area contributed by atoms with E-state index in [-0.39, 0.29) is 18.2 Å². The predicted octanol–water partition coefficient (Wildman–Crippen LogP) is 2.39. The minimum absolute atomic E-state index is 0.0368. The normalized spacial score (nSPS) is 10.4. The van der Waals surface area contributed by atoms with Gasteiger partial charge in [0.2, 0.25) is 17.7 Å². The first-order chi connectivity index (χ1) is 12.2. The van der Waals surface area contributed by atoms with Crippen LogP contribution in [0.15, 0.2) is 53.2 Å². The highest BCUT2D eigenvalue weighted by atomic mass is 16.5. The maximum absolute atomic E-state index is 12.0. The molecule has 0 bridgehead atoms. The number of aromatic nitrogens is 3. The summed E-state index contributed by atoms with van der Waals surface area (Å²) in [5.41, 5.74) is 1.75. The first kappa shape index (κ1) is 16.6. The van der Waals surface area contributed by atoms with E-state index in [4.69, 9.17) is 9.15 Å². The van der Waals surface area contributed by atoms with Gasteiger partial charge in [-0.25, -0.2) is 0 Å². The highest BCUT2D eigenvalue weighted by molar-refractivity contribution is 5.77. The molecule has 0 saturated carbocycles. The van der Waals surface area contributed by atoms with Gasteiger partial charge in [0.25, 0.3) is 0 Å². The lowest BCUT2D eigenvalue weighted by Gasteiger charge is -2.06. The summed E-state index contributed by atoms with van der Waals surface area (Å²) in [5.74, 6) is 1.28. The standard InChI is InChI=1S/C18H18N4O3/c1-2-24-15-5-3-13(4-6-15)12-20-16(23)11-17-21-22-18(25-17)14-7-9-19-10-8-14/h3-10H,2,11-12H2,1H3,(H,20,23).